The summed E-state index contributed by atoms with van der Waals surface area (Å²) in [6.07, 6.45) is 0.700. The summed E-state index contributed by atoms with van der Waals surface area (Å²) in [4.78, 5) is 13.5. The van der Waals surface area contributed by atoms with Gasteiger partial charge in [-0.1, -0.05) is 25.1 Å². The Bertz CT molecular complexity index is 355. The van der Waals surface area contributed by atoms with Gasteiger partial charge in [-0.15, -0.1) is 0 Å². The van der Waals surface area contributed by atoms with Crippen molar-refractivity contribution in [2.45, 2.75) is 18.9 Å². The Kier molecular flexibility index (Phi) is 2.49. The van der Waals surface area contributed by atoms with Crippen molar-refractivity contribution in [1.29, 1.82) is 0 Å². The topological polar surface area (TPSA) is 40.5 Å². The first kappa shape index (κ1) is 10.2. The van der Waals surface area contributed by atoms with Crippen molar-refractivity contribution in [2.75, 3.05) is 13.1 Å². The zero-order valence-electron chi connectivity index (χ0n) is 8.81. The maximum atomic E-state index is 11.8. The fraction of sp³-hybridized carbons (Fsp3) is 0.417. The maximum absolute atomic E-state index is 11.8. The summed E-state index contributed by atoms with van der Waals surface area (Å²) in [5, 5.41) is 9.79. The minimum Gasteiger partial charge on any atom is -0.386 e. The van der Waals surface area contributed by atoms with Gasteiger partial charge in [0.2, 0.25) is 0 Å². The van der Waals surface area contributed by atoms with Gasteiger partial charge in [-0.05, 0) is 18.6 Å². The lowest BCUT2D eigenvalue weighted by molar-refractivity contribution is -0.0826. The molecule has 1 aromatic rings. The van der Waals surface area contributed by atoms with E-state index in [0.717, 1.165) is 0 Å². The number of β-amino-alcohol motifs (C(OH)–C–C–N with tert-alkyl or cyclic N) is 1. The number of aliphatic hydroxyl groups is 1. The van der Waals surface area contributed by atoms with E-state index < -0.39 is 5.60 Å². The Hall–Kier alpha value is -1.35. The van der Waals surface area contributed by atoms with E-state index in [4.69, 9.17) is 0 Å². The van der Waals surface area contributed by atoms with Crippen LogP contribution in [0.4, 0.5) is 0 Å². The highest BCUT2D eigenvalue weighted by molar-refractivity contribution is 5.94. The van der Waals surface area contributed by atoms with Crippen LogP contribution in [0.5, 0.6) is 0 Å². The van der Waals surface area contributed by atoms with E-state index in [1.807, 2.05) is 25.1 Å². The molecule has 0 aliphatic carbocycles. The van der Waals surface area contributed by atoms with Crippen LogP contribution in [0.15, 0.2) is 30.3 Å². The molecule has 1 aliphatic heterocycles. The number of amides is 1. The molecule has 0 radical (unpaired) electrons. The SMILES string of the molecule is CCC1(O)CN(C(=O)c2ccccc2)C1. The Morgan fingerprint density at radius 1 is 1.40 bits per heavy atom. The molecule has 1 N–H and O–H groups in total. The van der Waals surface area contributed by atoms with Gasteiger partial charge in [0.1, 0.15) is 0 Å². The molecule has 1 fully saturated rings. The van der Waals surface area contributed by atoms with Crippen LogP contribution < -0.4 is 0 Å². The van der Waals surface area contributed by atoms with Crippen LogP contribution >= 0.6 is 0 Å². The van der Waals surface area contributed by atoms with Gasteiger partial charge in [-0.2, -0.15) is 0 Å². The molecule has 15 heavy (non-hydrogen) atoms. The predicted octanol–water partition coefficient (Wildman–Crippen LogP) is 1.28. The zero-order valence-corrected chi connectivity index (χ0v) is 8.81. The second-order valence-electron chi connectivity index (χ2n) is 4.11. The van der Waals surface area contributed by atoms with Crippen LogP contribution in [-0.2, 0) is 0 Å². The van der Waals surface area contributed by atoms with E-state index in [2.05, 4.69) is 0 Å². The molecule has 3 nitrogen and oxygen atoms in total. The first-order chi connectivity index (χ1) is 7.14. The number of carbonyl (C=O) groups is 1. The van der Waals surface area contributed by atoms with Crippen LogP contribution in [0, 0.1) is 0 Å². The molecule has 0 bridgehead atoms. The van der Waals surface area contributed by atoms with Crippen molar-refractivity contribution >= 4 is 5.91 Å². The van der Waals surface area contributed by atoms with Gasteiger partial charge >= 0.3 is 0 Å². The van der Waals surface area contributed by atoms with E-state index >= 15 is 0 Å². The van der Waals surface area contributed by atoms with E-state index in [0.29, 0.717) is 25.1 Å². The minimum atomic E-state index is -0.648. The molecule has 0 aromatic heterocycles. The quantitative estimate of drug-likeness (QED) is 0.790. The summed E-state index contributed by atoms with van der Waals surface area (Å²) in [5.74, 6) is 0.00808. The number of hydrogen-bond donors (Lipinski definition) is 1. The van der Waals surface area contributed by atoms with Crippen LogP contribution in [0.3, 0.4) is 0 Å². The lowest BCUT2D eigenvalue weighted by Crippen LogP contribution is -2.63. The van der Waals surface area contributed by atoms with Gasteiger partial charge in [0.05, 0.1) is 18.7 Å². The molecule has 80 valence electrons. The minimum absolute atomic E-state index is 0.00808. The molecule has 2 rings (SSSR count). The van der Waals surface area contributed by atoms with Crippen LogP contribution in [0.1, 0.15) is 23.7 Å². The third kappa shape index (κ3) is 1.88. The summed E-state index contributed by atoms with van der Waals surface area (Å²) in [7, 11) is 0. The highest BCUT2D eigenvalue weighted by atomic mass is 16.3. The second kappa shape index (κ2) is 3.66. The number of carbonyl (C=O) groups excluding carboxylic acids is 1. The zero-order chi connectivity index (χ0) is 10.9. The monoisotopic (exact) mass is 205 g/mol. The van der Waals surface area contributed by atoms with Crippen molar-refractivity contribution in [2.24, 2.45) is 0 Å². The largest absolute Gasteiger partial charge is 0.386 e. The molecular weight excluding hydrogens is 190 g/mol. The highest BCUT2D eigenvalue weighted by Crippen LogP contribution is 2.25. The number of hydrogen-bond acceptors (Lipinski definition) is 2. The van der Waals surface area contributed by atoms with E-state index in [1.165, 1.54) is 0 Å². The summed E-state index contributed by atoms with van der Waals surface area (Å²) in [6.45, 7) is 2.85. The van der Waals surface area contributed by atoms with Crippen molar-refractivity contribution in [3.8, 4) is 0 Å². The third-order valence-corrected chi connectivity index (χ3v) is 2.94. The summed E-state index contributed by atoms with van der Waals surface area (Å²) in [5.41, 5.74) is 0.0420. The molecule has 1 heterocycles. The lowest BCUT2D eigenvalue weighted by Gasteiger charge is -2.46. The fourth-order valence-electron chi connectivity index (χ4n) is 1.79. The lowest BCUT2D eigenvalue weighted by atomic mass is 9.91. The number of rotatable bonds is 2. The fourth-order valence-corrected chi connectivity index (χ4v) is 1.79. The molecule has 1 saturated heterocycles. The van der Waals surface area contributed by atoms with Crippen LogP contribution in [0.2, 0.25) is 0 Å². The van der Waals surface area contributed by atoms with Gasteiger partial charge in [0.25, 0.3) is 5.91 Å². The summed E-state index contributed by atoms with van der Waals surface area (Å²) < 4.78 is 0. The Morgan fingerprint density at radius 3 is 2.53 bits per heavy atom. The van der Waals surface area contributed by atoms with Crippen LogP contribution in [-0.4, -0.2) is 34.6 Å². The second-order valence-corrected chi connectivity index (χ2v) is 4.11. The molecule has 0 atom stereocenters. The van der Waals surface area contributed by atoms with Crippen molar-refractivity contribution in [1.82, 2.24) is 4.90 Å². The third-order valence-electron chi connectivity index (χ3n) is 2.94. The summed E-state index contributed by atoms with van der Waals surface area (Å²) in [6, 6.07) is 9.17. The maximum Gasteiger partial charge on any atom is 0.254 e. The van der Waals surface area contributed by atoms with Gasteiger partial charge in [-0.3, -0.25) is 4.79 Å². The number of benzene rings is 1. The predicted molar refractivity (Wildman–Crippen MR) is 57.6 cm³/mol. The van der Waals surface area contributed by atoms with Gasteiger partial charge in [-0.25, -0.2) is 0 Å². The van der Waals surface area contributed by atoms with Gasteiger partial charge in [0.15, 0.2) is 0 Å². The Labute approximate surface area is 89.3 Å². The Balaban J connectivity index is 2.01. The standard InChI is InChI=1S/C12H15NO2/c1-2-12(15)8-13(9-12)11(14)10-6-4-3-5-7-10/h3-7,15H,2,8-9H2,1H3. The molecule has 1 aromatic carbocycles. The number of likely N-dealkylation sites (tertiary alicyclic amines) is 1. The van der Waals surface area contributed by atoms with E-state index in [1.54, 1.807) is 17.0 Å². The normalized spacial score (nSPS) is 18.4. The first-order valence-corrected chi connectivity index (χ1v) is 5.21. The van der Waals surface area contributed by atoms with Gasteiger partial charge < -0.3 is 10.0 Å². The Morgan fingerprint density at radius 2 is 2.00 bits per heavy atom. The molecule has 3 heteroatoms. The molecule has 0 saturated carbocycles. The molecule has 1 amide bonds. The van der Waals surface area contributed by atoms with Crippen molar-refractivity contribution < 1.29 is 9.90 Å². The molecule has 1 aliphatic rings. The average molecular weight is 205 g/mol. The first-order valence-electron chi connectivity index (χ1n) is 5.21. The van der Waals surface area contributed by atoms with Gasteiger partial charge in [0, 0.05) is 5.56 Å². The van der Waals surface area contributed by atoms with Crippen molar-refractivity contribution in [3.63, 3.8) is 0 Å². The van der Waals surface area contributed by atoms with Crippen LogP contribution in [0.25, 0.3) is 0 Å². The smallest absolute Gasteiger partial charge is 0.254 e. The molecular formula is C12H15NO2. The van der Waals surface area contributed by atoms with E-state index in [9.17, 15) is 9.90 Å². The van der Waals surface area contributed by atoms with E-state index in [-0.39, 0.29) is 5.91 Å². The summed E-state index contributed by atoms with van der Waals surface area (Å²) >= 11 is 0. The molecule has 0 spiro atoms. The highest BCUT2D eigenvalue weighted by Gasteiger charge is 2.42. The number of nitrogens with zero attached hydrogens (tertiary/aromatic N) is 1. The molecule has 0 unspecified atom stereocenters. The van der Waals surface area contributed by atoms with Crippen molar-refractivity contribution in [3.05, 3.63) is 35.9 Å². The average Bonchev–Trinajstić information content (AvgIpc) is 2.25.